The van der Waals surface area contributed by atoms with Gasteiger partial charge < -0.3 is 10.6 Å². The van der Waals surface area contributed by atoms with Gasteiger partial charge in [0.05, 0.1) is 0 Å². The van der Waals surface area contributed by atoms with Crippen molar-refractivity contribution < 1.29 is 22.4 Å². The summed E-state index contributed by atoms with van der Waals surface area (Å²) >= 11 is 0. The van der Waals surface area contributed by atoms with Crippen LogP contribution in [0.25, 0.3) is 0 Å². The molecule has 1 rings (SSSR count). The molecule has 3 nitrogen and oxygen atoms in total. The van der Waals surface area contributed by atoms with Gasteiger partial charge in [-0.1, -0.05) is 0 Å². The summed E-state index contributed by atoms with van der Waals surface area (Å²) in [7, 11) is 0. The maximum Gasteiger partial charge on any atom is 0.383 e. The molecule has 1 saturated carbocycles. The average Bonchev–Trinajstić information content (AvgIpc) is 3.01. The molecule has 0 aromatic rings. The van der Waals surface area contributed by atoms with Crippen LogP contribution in [0.15, 0.2) is 0 Å². The van der Waals surface area contributed by atoms with Gasteiger partial charge in [-0.05, 0) is 25.8 Å². The van der Waals surface area contributed by atoms with Gasteiger partial charge in [-0.2, -0.15) is 8.78 Å². The second-order valence-corrected chi connectivity index (χ2v) is 3.80. The molecule has 0 bridgehead atoms. The van der Waals surface area contributed by atoms with E-state index in [9.17, 15) is 22.4 Å². The van der Waals surface area contributed by atoms with Gasteiger partial charge in [0.1, 0.15) is 0 Å². The molecule has 0 saturated heterocycles. The van der Waals surface area contributed by atoms with Crippen LogP contribution in [-0.4, -0.2) is 42.3 Å². The van der Waals surface area contributed by atoms with Crippen LogP contribution >= 0.6 is 0 Å². The first-order chi connectivity index (χ1) is 7.41. The Morgan fingerprint density at radius 3 is 2.38 bits per heavy atom. The summed E-state index contributed by atoms with van der Waals surface area (Å²) in [6, 6.07) is -0.316. The van der Waals surface area contributed by atoms with Gasteiger partial charge >= 0.3 is 12.3 Å². The molecule has 0 spiro atoms. The van der Waals surface area contributed by atoms with Crippen molar-refractivity contribution >= 4 is 5.91 Å². The normalized spacial score (nSPS) is 16.6. The predicted molar refractivity (Wildman–Crippen MR) is 49.4 cm³/mol. The summed E-state index contributed by atoms with van der Waals surface area (Å²) in [4.78, 5) is 12.1. The molecule has 0 aromatic carbocycles. The third-order valence-electron chi connectivity index (χ3n) is 2.41. The van der Waals surface area contributed by atoms with E-state index >= 15 is 0 Å². The zero-order valence-corrected chi connectivity index (χ0v) is 8.63. The van der Waals surface area contributed by atoms with E-state index in [0.29, 0.717) is 19.3 Å². The summed E-state index contributed by atoms with van der Waals surface area (Å²) in [6.45, 7) is 0.249. The molecule has 7 heteroatoms. The highest BCUT2D eigenvalue weighted by Gasteiger charge is 2.53. The number of nitrogens with two attached hydrogens (primary N) is 1. The largest absolute Gasteiger partial charge is 0.383 e. The Balaban J connectivity index is 2.66. The van der Waals surface area contributed by atoms with Crippen molar-refractivity contribution in [1.29, 1.82) is 0 Å². The van der Waals surface area contributed by atoms with Crippen LogP contribution < -0.4 is 5.73 Å². The fraction of sp³-hybridized carbons (Fsp3) is 0.889. The first kappa shape index (κ1) is 13.2. The Kier molecular flexibility index (Phi) is 4.12. The SMILES string of the molecule is NCCCN(C(=O)C(F)(F)C(F)F)C1CC1. The lowest BCUT2D eigenvalue weighted by Gasteiger charge is -2.26. The van der Waals surface area contributed by atoms with Crippen LogP contribution in [0.3, 0.4) is 0 Å². The average molecular weight is 242 g/mol. The van der Waals surface area contributed by atoms with E-state index in [4.69, 9.17) is 5.73 Å². The van der Waals surface area contributed by atoms with Gasteiger partial charge in [-0.15, -0.1) is 0 Å². The number of rotatable bonds is 6. The molecule has 0 atom stereocenters. The van der Waals surface area contributed by atoms with Crippen LogP contribution in [0.4, 0.5) is 17.6 Å². The van der Waals surface area contributed by atoms with Gasteiger partial charge in [-0.3, -0.25) is 4.79 Å². The lowest BCUT2D eigenvalue weighted by molar-refractivity contribution is -0.181. The minimum absolute atomic E-state index is 0.0162. The first-order valence-electron chi connectivity index (χ1n) is 5.08. The fourth-order valence-corrected chi connectivity index (χ4v) is 1.38. The second-order valence-electron chi connectivity index (χ2n) is 3.80. The van der Waals surface area contributed by atoms with Crippen LogP contribution in [0.5, 0.6) is 0 Å². The highest BCUT2D eigenvalue weighted by atomic mass is 19.3. The van der Waals surface area contributed by atoms with Crippen molar-refractivity contribution in [2.75, 3.05) is 13.1 Å². The Hall–Kier alpha value is -0.850. The summed E-state index contributed by atoms with van der Waals surface area (Å²) in [5, 5.41) is 0. The fourth-order valence-electron chi connectivity index (χ4n) is 1.38. The van der Waals surface area contributed by atoms with Gasteiger partial charge in [0, 0.05) is 12.6 Å². The Morgan fingerprint density at radius 1 is 1.44 bits per heavy atom. The lowest BCUT2D eigenvalue weighted by atomic mass is 10.2. The second kappa shape index (κ2) is 4.99. The van der Waals surface area contributed by atoms with E-state index in [-0.39, 0.29) is 19.1 Å². The van der Waals surface area contributed by atoms with E-state index in [2.05, 4.69) is 0 Å². The molecule has 0 radical (unpaired) electrons. The maximum absolute atomic E-state index is 12.8. The number of hydrogen-bond donors (Lipinski definition) is 1. The highest BCUT2D eigenvalue weighted by Crippen LogP contribution is 2.33. The van der Waals surface area contributed by atoms with E-state index in [1.807, 2.05) is 0 Å². The third-order valence-corrected chi connectivity index (χ3v) is 2.41. The number of amides is 1. The van der Waals surface area contributed by atoms with E-state index in [0.717, 1.165) is 4.90 Å². The van der Waals surface area contributed by atoms with Crippen molar-refractivity contribution in [3.63, 3.8) is 0 Å². The summed E-state index contributed by atoms with van der Waals surface area (Å²) in [6.07, 6.45) is -2.44. The number of nitrogens with zero attached hydrogens (tertiary/aromatic N) is 1. The van der Waals surface area contributed by atoms with Gasteiger partial charge in [-0.25, -0.2) is 8.78 Å². The maximum atomic E-state index is 12.8. The summed E-state index contributed by atoms with van der Waals surface area (Å²) < 4.78 is 49.7. The van der Waals surface area contributed by atoms with E-state index in [1.54, 1.807) is 0 Å². The lowest BCUT2D eigenvalue weighted by Crippen LogP contribution is -2.49. The number of alkyl halides is 4. The molecule has 1 aliphatic rings. The smallest absolute Gasteiger partial charge is 0.334 e. The standard InChI is InChI=1S/C9H14F4N2O/c10-7(11)9(12,13)8(16)15(5-1-4-14)6-2-3-6/h6-7H,1-5,14H2. The van der Waals surface area contributed by atoms with E-state index in [1.165, 1.54) is 0 Å². The molecule has 0 heterocycles. The number of halogens is 4. The predicted octanol–water partition coefficient (Wildman–Crippen LogP) is 1.23. The Bertz CT molecular complexity index is 256. The minimum atomic E-state index is -4.59. The molecule has 0 aromatic heterocycles. The Morgan fingerprint density at radius 2 is 2.00 bits per heavy atom. The van der Waals surface area contributed by atoms with Crippen molar-refractivity contribution in [2.24, 2.45) is 5.73 Å². The van der Waals surface area contributed by atoms with Gasteiger partial charge in [0.15, 0.2) is 0 Å². The van der Waals surface area contributed by atoms with Crippen molar-refractivity contribution in [1.82, 2.24) is 4.90 Å². The highest BCUT2D eigenvalue weighted by molar-refractivity contribution is 5.84. The molecule has 1 amide bonds. The molecule has 1 fully saturated rings. The number of hydrogen-bond acceptors (Lipinski definition) is 2. The molecule has 2 N–H and O–H groups in total. The molecular formula is C9H14F4N2O. The summed E-state index contributed by atoms with van der Waals surface area (Å²) in [5.74, 6) is -6.37. The molecule has 1 aliphatic carbocycles. The van der Waals surface area contributed by atoms with Crippen molar-refractivity contribution in [3.05, 3.63) is 0 Å². The topological polar surface area (TPSA) is 46.3 Å². The summed E-state index contributed by atoms with van der Waals surface area (Å²) in [5.41, 5.74) is 5.19. The van der Waals surface area contributed by atoms with Crippen LogP contribution in [-0.2, 0) is 4.79 Å². The van der Waals surface area contributed by atoms with Gasteiger partial charge in [0.2, 0.25) is 0 Å². The molecule has 94 valence electrons. The van der Waals surface area contributed by atoms with Crippen LogP contribution in [0.2, 0.25) is 0 Å². The monoisotopic (exact) mass is 242 g/mol. The molecule has 16 heavy (non-hydrogen) atoms. The zero-order chi connectivity index (χ0) is 12.3. The first-order valence-corrected chi connectivity index (χ1v) is 5.08. The van der Waals surface area contributed by atoms with E-state index < -0.39 is 18.3 Å². The van der Waals surface area contributed by atoms with Crippen LogP contribution in [0.1, 0.15) is 19.3 Å². The quantitative estimate of drug-likeness (QED) is 0.712. The van der Waals surface area contributed by atoms with Crippen LogP contribution in [0, 0.1) is 0 Å². The van der Waals surface area contributed by atoms with Crippen molar-refractivity contribution in [2.45, 2.75) is 37.7 Å². The van der Waals surface area contributed by atoms with Crippen molar-refractivity contribution in [3.8, 4) is 0 Å². The van der Waals surface area contributed by atoms with Gasteiger partial charge in [0.25, 0.3) is 5.91 Å². The number of carbonyl (C=O) groups excluding carboxylic acids is 1. The molecule has 0 unspecified atom stereocenters. The number of carbonyl (C=O) groups is 1. The minimum Gasteiger partial charge on any atom is -0.334 e. The zero-order valence-electron chi connectivity index (χ0n) is 8.63. The third kappa shape index (κ3) is 2.84. The Labute approximate surface area is 90.6 Å². The molecular weight excluding hydrogens is 228 g/mol. The molecule has 0 aliphatic heterocycles.